The summed E-state index contributed by atoms with van der Waals surface area (Å²) >= 11 is 0. The average molecular weight is 611 g/mol. The van der Waals surface area contributed by atoms with E-state index >= 15 is 0 Å². The van der Waals surface area contributed by atoms with Gasteiger partial charge in [0.05, 0.1) is 12.8 Å². The highest BCUT2D eigenvalue weighted by atomic mass is 16.2. The number of carbonyl (C=O) groups is 3. The second-order valence-electron chi connectivity index (χ2n) is 9.33. The molecule has 0 aromatic carbocycles. The molecule has 1 saturated heterocycles. The first kappa shape index (κ1) is 37.3. The first-order chi connectivity index (χ1) is 21.2. The van der Waals surface area contributed by atoms with Crippen molar-refractivity contribution in [2.24, 2.45) is 0 Å². The highest BCUT2D eigenvalue weighted by Gasteiger charge is 2.19. The van der Waals surface area contributed by atoms with E-state index in [1.54, 1.807) is 32.3 Å². The fraction of sp³-hybridized carbons (Fsp3) is 0.484. The second kappa shape index (κ2) is 21.1. The van der Waals surface area contributed by atoms with E-state index in [1.807, 2.05) is 38.7 Å². The van der Waals surface area contributed by atoms with Gasteiger partial charge in [-0.2, -0.15) is 0 Å². The maximum absolute atomic E-state index is 11.7. The monoisotopic (exact) mass is 610 g/mol. The van der Waals surface area contributed by atoms with Gasteiger partial charge in [-0.25, -0.2) is 9.97 Å². The van der Waals surface area contributed by atoms with Gasteiger partial charge in [-0.05, 0) is 38.3 Å². The van der Waals surface area contributed by atoms with Crippen LogP contribution in [0.15, 0.2) is 46.5 Å². The summed E-state index contributed by atoms with van der Waals surface area (Å²) in [6, 6.07) is 3.67. The number of nitrogens with one attached hydrogen (secondary N) is 4. The Morgan fingerprint density at radius 1 is 0.864 bits per heavy atom. The van der Waals surface area contributed by atoms with Gasteiger partial charge in [-0.1, -0.05) is 33.8 Å². The number of amides is 3. The topological polar surface area (TPSA) is 183 Å². The molecule has 1 aliphatic rings. The van der Waals surface area contributed by atoms with Gasteiger partial charge >= 0.3 is 0 Å². The third-order valence-electron chi connectivity index (χ3n) is 6.01. The van der Waals surface area contributed by atoms with Gasteiger partial charge in [0.25, 0.3) is 11.1 Å². The Morgan fingerprint density at radius 2 is 1.43 bits per heavy atom. The second-order valence-corrected chi connectivity index (χ2v) is 9.33. The summed E-state index contributed by atoms with van der Waals surface area (Å²) in [5.74, 6) is 0.821. The standard InChI is InChI=1S/C14H20N4O3.C13H14N4O2.2C2H6/c1-10-16-9-11(14(21)17-10)8-12(19)15-5-3-7-18-6-2-4-13(18)20;1-9-15-8-11(13(19)17-9)5-12(18)16-7-10-3-2-4-14-6-10;2*1-2/h9H,2-8H2,1H3,(H,15,19)(H,16,17,21);2-4,6,8H,5,7H2,1H3,(H,16,18)(H,15,17,19);2*1-2H3. The highest BCUT2D eigenvalue weighted by Crippen LogP contribution is 2.09. The van der Waals surface area contributed by atoms with Crippen LogP contribution >= 0.6 is 0 Å². The number of carbonyl (C=O) groups excluding carboxylic acids is 3. The fourth-order valence-corrected chi connectivity index (χ4v) is 3.88. The molecule has 13 heteroatoms. The summed E-state index contributed by atoms with van der Waals surface area (Å²) in [6.45, 7) is 13.8. The van der Waals surface area contributed by atoms with Crippen molar-refractivity contribution in [2.75, 3.05) is 19.6 Å². The zero-order chi connectivity index (χ0) is 32.9. The van der Waals surface area contributed by atoms with E-state index in [-0.39, 0.29) is 41.7 Å². The number of aryl methyl sites for hydroxylation is 2. The number of likely N-dealkylation sites (tertiary alicyclic amines) is 1. The third-order valence-corrected chi connectivity index (χ3v) is 6.01. The smallest absolute Gasteiger partial charge is 0.254 e. The predicted octanol–water partition coefficient (Wildman–Crippen LogP) is 2.13. The van der Waals surface area contributed by atoms with Crippen molar-refractivity contribution in [3.8, 4) is 0 Å². The maximum Gasteiger partial charge on any atom is 0.254 e. The van der Waals surface area contributed by atoms with Crippen LogP contribution in [0.5, 0.6) is 0 Å². The van der Waals surface area contributed by atoms with E-state index in [0.717, 1.165) is 24.9 Å². The molecule has 0 radical (unpaired) electrons. The number of nitrogens with zero attached hydrogens (tertiary/aromatic N) is 4. The van der Waals surface area contributed by atoms with Crippen LogP contribution in [-0.4, -0.2) is 67.2 Å². The van der Waals surface area contributed by atoms with E-state index < -0.39 is 0 Å². The minimum atomic E-state index is -0.277. The molecule has 0 unspecified atom stereocenters. The number of rotatable bonds is 10. The summed E-state index contributed by atoms with van der Waals surface area (Å²) in [4.78, 5) is 76.8. The fourth-order valence-electron chi connectivity index (χ4n) is 3.88. The molecule has 3 aromatic rings. The van der Waals surface area contributed by atoms with Gasteiger partial charge in [-0.3, -0.25) is 29.0 Å². The lowest BCUT2D eigenvalue weighted by atomic mass is 10.2. The van der Waals surface area contributed by atoms with E-state index in [2.05, 4.69) is 35.6 Å². The van der Waals surface area contributed by atoms with E-state index in [4.69, 9.17) is 0 Å². The molecule has 3 amide bonds. The Hall–Kier alpha value is -4.68. The first-order valence-corrected chi connectivity index (χ1v) is 15.0. The largest absolute Gasteiger partial charge is 0.356 e. The molecule has 0 saturated carbocycles. The lowest BCUT2D eigenvalue weighted by molar-refractivity contribution is -0.127. The van der Waals surface area contributed by atoms with Crippen LogP contribution in [0, 0.1) is 13.8 Å². The lowest BCUT2D eigenvalue weighted by Gasteiger charge is -2.15. The molecule has 0 spiro atoms. The van der Waals surface area contributed by atoms with Crippen molar-refractivity contribution in [1.29, 1.82) is 0 Å². The Labute approximate surface area is 258 Å². The summed E-state index contributed by atoms with van der Waals surface area (Å²) in [5, 5.41) is 5.48. The zero-order valence-electron chi connectivity index (χ0n) is 26.7. The number of hydrogen-bond donors (Lipinski definition) is 4. The molecule has 44 heavy (non-hydrogen) atoms. The Bertz CT molecular complexity index is 1420. The molecule has 1 fully saturated rings. The summed E-state index contributed by atoms with van der Waals surface area (Å²) in [7, 11) is 0. The van der Waals surface area contributed by atoms with Gasteiger partial charge in [0.15, 0.2) is 0 Å². The molecular weight excluding hydrogens is 564 g/mol. The van der Waals surface area contributed by atoms with E-state index in [1.165, 1.54) is 12.4 Å². The van der Waals surface area contributed by atoms with Crippen molar-refractivity contribution in [2.45, 2.75) is 80.2 Å². The first-order valence-electron chi connectivity index (χ1n) is 15.0. The van der Waals surface area contributed by atoms with Crippen LogP contribution < -0.4 is 21.8 Å². The number of aromatic amines is 2. The van der Waals surface area contributed by atoms with Crippen LogP contribution in [0.3, 0.4) is 0 Å². The Morgan fingerprint density at radius 3 is 1.91 bits per heavy atom. The molecule has 3 aromatic heterocycles. The summed E-state index contributed by atoms with van der Waals surface area (Å²) in [5.41, 5.74) is 1.07. The molecule has 240 valence electrons. The van der Waals surface area contributed by atoms with Crippen molar-refractivity contribution < 1.29 is 14.4 Å². The molecule has 4 rings (SSSR count). The predicted molar refractivity (Wildman–Crippen MR) is 169 cm³/mol. The molecule has 4 heterocycles. The molecule has 13 nitrogen and oxygen atoms in total. The van der Waals surface area contributed by atoms with E-state index in [0.29, 0.717) is 48.8 Å². The minimum absolute atomic E-state index is 0.0167. The van der Waals surface area contributed by atoms with Gasteiger partial charge in [-0.15, -0.1) is 0 Å². The molecule has 1 aliphatic heterocycles. The van der Waals surface area contributed by atoms with Crippen LogP contribution in [0.25, 0.3) is 0 Å². The average Bonchev–Trinajstić information content (AvgIpc) is 3.44. The number of pyridine rings is 1. The van der Waals surface area contributed by atoms with Crippen LogP contribution in [0.1, 0.15) is 75.3 Å². The minimum Gasteiger partial charge on any atom is -0.356 e. The maximum atomic E-state index is 11.7. The summed E-state index contributed by atoms with van der Waals surface area (Å²) < 4.78 is 0. The number of hydrogen-bond acceptors (Lipinski definition) is 8. The Kier molecular flexibility index (Phi) is 17.9. The lowest BCUT2D eigenvalue weighted by Crippen LogP contribution is -2.32. The van der Waals surface area contributed by atoms with Crippen LogP contribution in [-0.2, 0) is 33.8 Å². The van der Waals surface area contributed by atoms with Gasteiger partial charge < -0.3 is 25.5 Å². The number of aromatic nitrogens is 5. The molecule has 0 aliphatic carbocycles. The molecule has 0 bridgehead atoms. The summed E-state index contributed by atoms with van der Waals surface area (Å²) in [6.07, 6.45) is 8.52. The normalized spacial score (nSPS) is 11.6. The van der Waals surface area contributed by atoms with Crippen LogP contribution in [0.4, 0.5) is 0 Å². The van der Waals surface area contributed by atoms with Gasteiger partial charge in [0, 0.05) is 68.5 Å². The van der Waals surface area contributed by atoms with Crippen molar-refractivity contribution in [1.82, 2.24) is 40.5 Å². The number of H-pyrrole nitrogens is 2. The van der Waals surface area contributed by atoms with Crippen molar-refractivity contribution >= 4 is 17.7 Å². The molecular formula is C31H46N8O5. The van der Waals surface area contributed by atoms with E-state index in [9.17, 15) is 24.0 Å². The molecule has 0 atom stereocenters. The van der Waals surface area contributed by atoms with Crippen molar-refractivity contribution in [3.63, 3.8) is 0 Å². The zero-order valence-corrected chi connectivity index (χ0v) is 26.7. The van der Waals surface area contributed by atoms with Crippen molar-refractivity contribution in [3.05, 3.63) is 86.0 Å². The van der Waals surface area contributed by atoms with Gasteiger partial charge in [0.1, 0.15) is 11.6 Å². The van der Waals surface area contributed by atoms with Gasteiger partial charge in [0.2, 0.25) is 17.7 Å². The van der Waals surface area contributed by atoms with Crippen LogP contribution in [0.2, 0.25) is 0 Å². The third kappa shape index (κ3) is 14.0. The molecule has 4 N–H and O–H groups in total. The quantitative estimate of drug-likeness (QED) is 0.252. The Balaban J connectivity index is 0.000000397. The highest BCUT2D eigenvalue weighted by molar-refractivity contribution is 5.79. The SMILES string of the molecule is CC.CC.Cc1ncc(CC(=O)NCCCN2CCCC2=O)c(=O)[nH]1.Cc1ncc(CC(=O)NCc2cccnc2)c(=O)[nH]1.